The van der Waals surface area contributed by atoms with Crippen molar-refractivity contribution in [1.29, 1.82) is 0 Å². The first kappa shape index (κ1) is 14.4. The lowest BCUT2D eigenvalue weighted by molar-refractivity contribution is 0.316. The summed E-state index contributed by atoms with van der Waals surface area (Å²) in [7, 11) is 3.93. The van der Waals surface area contributed by atoms with Crippen LogP contribution < -0.4 is 10.1 Å². The van der Waals surface area contributed by atoms with Crippen LogP contribution in [0.15, 0.2) is 24.3 Å². The van der Waals surface area contributed by atoms with E-state index in [4.69, 9.17) is 4.74 Å². The molecule has 1 N–H and O–H groups in total. The molecule has 0 bridgehead atoms. The lowest BCUT2D eigenvalue weighted by Gasteiger charge is -2.19. The van der Waals surface area contributed by atoms with E-state index in [0.717, 1.165) is 24.8 Å². The predicted octanol–water partition coefficient (Wildman–Crippen LogP) is 2.31. The normalized spacial score (nSPS) is 19.0. The zero-order chi connectivity index (χ0) is 13.5. The van der Waals surface area contributed by atoms with Crippen molar-refractivity contribution < 1.29 is 4.74 Å². The van der Waals surface area contributed by atoms with Gasteiger partial charge in [-0.25, -0.2) is 0 Å². The van der Waals surface area contributed by atoms with E-state index in [-0.39, 0.29) is 0 Å². The van der Waals surface area contributed by atoms with Crippen molar-refractivity contribution in [1.82, 2.24) is 10.2 Å². The average Bonchev–Trinajstić information content (AvgIpc) is 2.96. The Morgan fingerprint density at radius 1 is 1.26 bits per heavy atom. The number of likely N-dealkylation sites (N-methyl/N-ethyl adjacent to an activating group) is 1. The predicted molar refractivity (Wildman–Crippen MR) is 79.8 cm³/mol. The zero-order valence-corrected chi connectivity index (χ0v) is 12.2. The highest BCUT2D eigenvalue weighted by molar-refractivity contribution is 5.27. The minimum Gasteiger partial charge on any atom is -0.497 e. The Kier molecular flexibility index (Phi) is 5.67. The fourth-order valence-electron chi connectivity index (χ4n) is 2.60. The molecule has 0 spiro atoms. The lowest BCUT2D eigenvalue weighted by atomic mass is 10.1. The van der Waals surface area contributed by atoms with Crippen molar-refractivity contribution in [3.05, 3.63) is 29.8 Å². The molecule has 106 valence electrons. The second-order valence-electron chi connectivity index (χ2n) is 5.48. The second-order valence-corrected chi connectivity index (χ2v) is 5.48. The summed E-state index contributed by atoms with van der Waals surface area (Å²) in [6.07, 6.45) is 5.09. The largest absolute Gasteiger partial charge is 0.497 e. The molecule has 0 amide bonds. The second kappa shape index (κ2) is 7.51. The molecule has 0 aromatic heterocycles. The van der Waals surface area contributed by atoms with Gasteiger partial charge in [0.15, 0.2) is 0 Å². The van der Waals surface area contributed by atoms with Gasteiger partial charge in [-0.2, -0.15) is 0 Å². The van der Waals surface area contributed by atoms with E-state index in [1.54, 1.807) is 7.11 Å². The molecule has 3 nitrogen and oxygen atoms in total. The first-order valence-electron chi connectivity index (χ1n) is 7.33. The van der Waals surface area contributed by atoms with Crippen LogP contribution in [0, 0.1) is 0 Å². The van der Waals surface area contributed by atoms with E-state index in [2.05, 4.69) is 29.4 Å². The van der Waals surface area contributed by atoms with Crippen molar-refractivity contribution in [2.24, 2.45) is 0 Å². The number of nitrogens with zero attached hydrogens (tertiary/aromatic N) is 1. The Balaban J connectivity index is 1.65. The van der Waals surface area contributed by atoms with E-state index >= 15 is 0 Å². The third kappa shape index (κ3) is 4.84. The molecule has 2 rings (SSSR count). The monoisotopic (exact) mass is 262 g/mol. The van der Waals surface area contributed by atoms with Gasteiger partial charge in [-0.05, 0) is 63.5 Å². The number of nitrogens with one attached hydrogen (secondary N) is 1. The molecule has 19 heavy (non-hydrogen) atoms. The maximum Gasteiger partial charge on any atom is 0.118 e. The van der Waals surface area contributed by atoms with Crippen LogP contribution in [0.2, 0.25) is 0 Å². The summed E-state index contributed by atoms with van der Waals surface area (Å²) in [6.45, 7) is 3.52. The molecule has 3 heteroatoms. The quantitative estimate of drug-likeness (QED) is 0.816. The van der Waals surface area contributed by atoms with E-state index in [9.17, 15) is 0 Å². The molecular weight excluding hydrogens is 236 g/mol. The van der Waals surface area contributed by atoms with E-state index in [1.165, 1.54) is 37.9 Å². The summed E-state index contributed by atoms with van der Waals surface area (Å²) in [6, 6.07) is 9.15. The number of ether oxygens (including phenoxy) is 1. The van der Waals surface area contributed by atoms with Crippen LogP contribution in [0.25, 0.3) is 0 Å². The van der Waals surface area contributed by atoms with Crippen LogP contribution in [0.5, 0.6) is 5.75 Å². The maximum absolute atomic E-state index is 5.17. The first-order valence-corrected chi connectivity index (χ1v) is 7.33. The van der Waals surface area contributed by atoms with Crippen molar-refractivity contribution in [3.8, 4) is 5.75 Å². The van der Waals surface area contributed by atoms with Gasteiger partial charge in [0.1, 0.15) is 5.75 Å². The first-order chi connectivity index (χ1) is 9.28. The van der Waals surface area contributed by atoms with E-state index in [0.29, 0.717) is 0 Å². The number of methoxy groups -OCH3 is 1. The van der Waals surface area contributed by atoms with Gasteiger partial charge in [0.2, 0.25) is 0 Å². The minimum absolute atomic E-state index is 0.753. The number of rotatable bonds is 7. The van der Waals surface area contributed by atoms with Crippen LogP contribution in [-0.4, -0.2) is 44.7 Å². The lowest BCUT2D eigenvalue weighted by Crippen LogP contribution is -2.29. The van der Waals surface area contributed by atoms with Gasteiger partial charge in [-0.1, -0.05) is 12.1 Å². The fraction of sp³-hybridized carbons (Fsp3) is 0.625. The van der Waals surface area contributed by atoms with Gasteiger partial charge < -0.3 is 15.0 Å². The number of hydrogen-bond donors (Lipinski definition) is 1. The Labute approximate surface area is 116 Å². The van der Waals surface area contributed by atoms with E-state index in [1.807, 2.05) is 12.1 Å². The summed E-state index contributed by atoms with van der Waals surface area (Å²) in [4.78, 5) is 2.43. The molecule has 1 saturated heterocycles. The highest BCUT2D eigenvalue weighted by Crippen LogP contribution is 2.12. The van der Waals surface area contributed by atoms with Crippen molar-refractivity contribution >= 4 is 0 Å². The van der Waals surface area contributed by atoms with Gasteiger partial charge in [-0.15, -0.1) is 0 Å². The molecule has 0 radical (unpaired) electrons. The molecule has 1 aromatic rings. The molecule has 1 atom stereocenters. The molecule has 1 aliphatic heterocycles. The standard InChI is InChI=1S/C16H26N2O/c1-18(13-10-15-4-3-11-17-15)12-9-14-5-7-16(19-2)8-6-14/h5-8,15,17H,3-4,9-13H2,1-2H3. The molecule has 1 heterocycles. The number of benzene rings is 1. The Hall–Kier alpha value is -1.06. The van der Waals surface area contributed by atoms with Crippen molar-refractivity contribution in [2.45, 2.75) is 31.7 Å². The molecule has 0 aliphatic carbocycles. The van der Waals surface area contributed by atoms with Crippen LogP contribution in [0.4, 0.5) is 0 Å². The van der Waals surface area contributed by atoms with Gasteiger partial charge in [-0.3, -0.25) is 0 Å². The molecule has 1 fully saturated rings. The average molecular weight is 262 g/mol. The van der Waals surface area contributed by atoms with Crippen LogP contribution in [0.1, 0.15) is 24.8 Å². The Bertz CT molecular complexity index is 358. The molecule has 1 unspecified atom stereocenters. The molecular formula is C16H26N2O. The minimum atomic E-state index is 0.753. The maximum atomic E-state index is 5.17. The van der Waals surface area contributed by atoms with Gasteiger partial charge in [0.05, 0.1) is 7.11 Å². The smallest absolute Gasteiger partial charge is 0.118 e. The highest BCUT2D eigenvalue weighted by Gasteiger charge is 2.13. The summed E-state index contributed by atoms with van der Waals surface area (Å²) >= 11 is 0. The SMILES string of the molecule is COc1ccc(CCN(C)CCC2CCCN2)cc1. The number of hydrogen-bond acceptors (Lipinski definition) is 3. The van der Waals surface area contributed by atoms with Crippen LogP contribution >= 0.6 is 0 Å². The van der Waals surface area contributed by atoms with Gasteiger partial charge >= 0.3 is 0 Å². The van der Waals surface area contributed by atoms with Crippen molar-refractivity contribution in [2.75, 3.05) is 33.8 Å². The van der Waals surface area contributed by atoms with Crippen molar-refractivity contribution in [3.63, 3.8) is 0 Å². The Morgan fingerprint density at radius 3 is 2.68 bits per heavy atom. The Morgan fingerprint density at radius 2 is 2.05 bits per heavy atom. The zero-order valence-electron chi connectivity index (χ0n) is 12.2. The highest BCUT2D eigenvalue weighted by atomic mass is 16.5. The summed E-state index contributed by atoms with van der Waals surface area (Å²) in [5.41, 5.74) is 1.38. The third-order valence-electron chi connectivity index (χ3n) is 3.96. The molecule has 0 saturated carbocycles. The fourth-order valence-corrected chi connectivity index (χ4v) is 2.60. The van der Waals surface area contributed by atoms with Gasteiger partial charge in [0.25, 0.3) is 0 Å². The summed E-state index contributed by atoms with van der Waals surface area (Å²) < 4.78 is 5.17. The molecule has 1 aromatic carbocycles. The summed E-state index contributed by atoms with van der Waals surface area (Å²) in [5.74, 6) is 0.935. The van der Waals surface area contributed by atoms with E-state index < -0.39 is 0 Å². The van der Waals surface area contributed by atoms with Crippen LogP contribution in [0.3, 0.4) is 0 Å². The molecule has 1 aliphatic rings. The summed E-state index contributed by atoms with van der Waals surface area (Å²) in [5, 5.41) is 3.56. The topological polar surface area (TPSA) is 24.5 Å². The van der Waals surface area contributed by atoms with Crippen LogP contribution in [-0.2, 0) is 6.42 Å². The third-order valence-corrected chi connectivity index (χ3v) is 3.96. The van der Waals surface area contributed by atoms with Gasteiger partial charge in [0, 0.05) is 12.6 Å².